The molecule has 1 aliphatic carbocycles. The number of benzene rings is 2. The average Bonchev–Trinajstić information content (AvgIpc) is 3.17. The maximum atomic E-state index is 12.1. The van der Waals surface area contributed by atoms with Crippen molar-refractivity contribution in [3.8, 4) is 5.75 Å². The van der Waals surface area contributed by atoms with Crippen molar-refractivity contribution >= 4 is 23.2 Å². The molecule has 3 N–H and O–H groups in total. The normalized spacial score (nSPS) is 13.4. The van der Waals surface area contributed by atoms with Gasteiger partial charge in [-0.05, 0) is 73.6 Å². The van der Waals surface area contributed by atoms with Gasteiger partial charge >= 0.3 is 0 Å². The molecule has 5 nitrogen and oxygen atoms in total. The van der Waals surface area contributed by atoms with E-state index in [4.69, 9.17) is 17.0 Å². The van der Waals surface area contributed by atoms with Crippen LogP contribution in [0.4, 0.5) is 0 Å². The van der Waals surface area contributed by atoms with Crippen LogP contribution < -0.4 is 20.9 Å². The van der Waals surface area contributed by atoms with Gasteiger partial charge in [0.2, 0.25) is 0 Å². The topological polar surface area (TPSA) is 62.4 Å². The van der Waals surface area contributed by atoms with Crippen molar-refractivity contribution in [3.05, 3.63) is 64.7 Å². The molecular formula is C21H25N3O2S. The first kappa shape index (κ1) is 19.2. The van der Waals surface area contributed by atoms with Crippen LogP contribution in [-0.4, -0.2) is 17.6 Å². The predicted molar refractivity (Wildman–Crippen MR) is 111 cm³/mol. The Bertz CT molecular complexity index is 824. The van der Waals surface area contributed by atoms with E-state index < -0.39 is 0 Å². The fraction of sp³-hybridized carbons (Fsp3) is 0.333. The van der Waals surface area contributed by atoms with Crippen LogP contribution in [0.5, 0.6) is 5.75 Å². The number of hydrogen-bond donors (Lipinski definition) is 3. The summed E-state index contributed by atoms with van der Waals surface area (Å²) in [7, 11) is 0. The van der Waals surface area contributed by atoms with Crippen molar-refractivity contribution in [3.63, 3.8) is 0 Å². The quantitative estimate of drug-likeness (QED) is 0.547. The van der Waals surface area contributed by atoms with Gasteiger partial charge in [-0.3, -0.25) is 15.6 Å². The molecule has 0 aliphatic heterocycles. The molecule has 2 aromatic rings. The molecule has 0 fully saturated rings. The summed E-state index contributed by atoms with van der Waals surface area (Å²) in [4.78, 5) is 12.1. The molecule has 142 valence electrons. The van der Waals surface area contributed by atoms with Crippen molar-refractivity contribution in [1.82, 2.24) is 16.2 Å². The lowest BCUT2D eigenvalue weighted by molar-refractivity contribution is -0.123. The number of nitrogens with one attached hydrogen (secondary N) is 3. The Hall–Kier alpha value is -2.60. The second-order valence-corrected chi connectivity index (χ2v) is 7.17. The van der Waals surface area contributed by atoms with Gasteiger partial charge in [0.15, 0.2) is 11.7 Å². The largest absolute Gasteiger partial charge is 0.483 e. The minimum absolute atomic E-state index is 0.0366. The summed E-state index contributed by atoms with van der Waals surface area (Å²) in [5.74, 6) is 0.528. The van der Waals surface area contributed by atoms with Gasteiger partial charge in [-0.15, -0.1) is 0 Å². The summed E-state index contributed by atoms with van der Waals surface area (Å²) in [6.07, 6.45) is 3.24. The van der Waals surface area contributed by atoms with Gasteiger partial charge in [0.05, 0.1) is 6.04 Å². The van der Waals surface area contributed by atoms with Crippen molar-refractivity contribution < 1.29 is 9.53 Å². The van der Waals surface area contributed by atoms with E-state index in [0.717, 1.165) is 30.6 Å². The standard InChI is InChI=1S/C21H25N3O2S/c1-14-11-12-19(18-10-6-9-17(14)18)26-13-20(25)23-24-21(27)22-15(2)16-7-4-3-5-8-16/h3-5,7-8,11-12,15H,6,9-10,13H2,1-2H3,(H,23,25)(H2,22,24,27)/t15-/m1/s1. The molecule has 0 radical (unpaired) electrons. The van der Waals surface area contributed by atoms with Crippen LogP contribution >= 0.6 is 12.2 Å². The average molecular weight is 384 g/mol. The third-order valence-electron chi connectivity index (χ3n) is 4.80. The Morgan fingerprint density at radius 1 is 1.11 bits per heavy atom. The number of aryl methyl sites for hydroxylation is 1. The van der Waals surface area contributed by atoms with E-state index in [9.17, 15) is 4.79 Å². The van der Waals surface area contributed by atoms with Gasteiger partial charge in [0, 0.05) is 0 Å². The number of carbonyl (C=O) groups excluding carboxylic acids is 1. The highest BCUT2D eigenvalue weighted by molar-refractivity contribution is 7.80. The van der Waals surface area contributed by atoms with Crippen LogP contribution in [0.3, 0.4) is 0 Å². The van der Waals surface area contributed by atoms with Crippen LogP contribution in [0.15, 0.2) is 42.5 Å². The number of carbonyl (C=O) groups is 1. The van der Waals surface area contributed by atoms with Crippen molar-refractivity contribution in [1.29, 1.82) is 0 Å². The summed E-state index contributed by atoms with van der Waals surface area (Å²) in [5, 5.41) is 3.49. The van der Waals surface area contributed by atoms with Gasteiger partial charge in [-0.2, -0.15) is 0 Å². The minimum Gasteiger partial charge on any atom is -0.483 e. The van der Waals surface area contributed by atoms with Crippen LogP contribution in [0, 0.1) is 6.92 Å². The Morgan fingerprint density at radius 3 is 2.63 bits per heavy atom. The van der Waals surface area contributed by atoms with Crippen LogP contribution in [0.1, 0.15) is 41.6 Å². The second kappa shape index (κ2) is 8.86. The zero-order valence-corrected chi connectivity index (χ0v) is 16.5. The zero-order chi connectivity index (χ0) is 19.2. The summed E-state index contributed by atoms with van der Waals surface area (Å²) < 4.78 is 5.73. The van der Waals surface area contributed by atoms with Crippen LogP contribution in [-0.2, 0) is 17.6 Å². The molecule has 0 spiro atoms. The number of thiocarbonyl (C=S) groups is 1. The summed E-state index contributed by atoms with van der Waals surface area (Å²) in [6.45, 7) is 4.07. The lowest BCUT2D eigenvalue weighted by Gasteiger charge is -2.18. The Kier molecular flexibility index (Phi) is 6.29. The van der Waals surface area contributed by atoms with Gasteiger partial charge < -0.3 is 10.1 Å². The number of fused-ring (bicyclic) bond motifs is 1. The highest BCUT2D eigenvalue weighted by Crippen LogP contribution is 2.32. The number of hydrogen-bond acceptors (Lipinski definition) is 3. The number of hydrazine groups is 1. The van der Waals surface area contributed by atoms with Crippen molar-refractivity contribution in [2.24, 2.45) is 0 Å². The Labute approximate surface area is 165 Å². The summed E-state index contributed by atoms with van der Waals surface area (Å²) >= 11 is 5.23. The predicted octanol–water partition coefficient (Wildman–Crippen LogP) is 3.12. The summed E-state index contributed by atoms with van der Waals surface area (Å²) in [6, 6.07) is 14.0. The van der Waals surface area contributed by atoms with Crippen molar-refractivity contribution in [2.75, 3.05) is 6.61 Å². The van der Waals surface area contributed by atoms with E-state index in [0.29, 0.717) is 5.11 Å². The molecule has 1 atom stereocenters. The molecular weight excluding hydrogens is 358 g/mol. The number of amides is 1. The van der Waals surface area contributed by atoms with E-state index in [1.165, 1.54) is 16.7 Å². The monoisotopic (exact) mass is 383 g/mol. The Morgan fingerprint density at radius 2 is 1.85 bits per heavy atom. The van der Waals surface area contributed by atoms with E-state index in [-0.39, 0.29) is 18.6 Å². The van der Waals surface area contributed by atoms with Gasteiger partial charge in [-0.1, -0.05) is 36.4 Å². The molecule has 0 unspecified atom stereocenters. The van der Waals surface area contributed by atoms with Crippen LogP contribution in [0.2, 0.25) is 0 Å². The molecule has 1 aliphatic rings. The van der Waals surface area contributed by atoms with Gasteiger partial charge in [0.1, 0.15) is 5.75 Å². The van der Waals surface area contributed by atoms with Gasteiger partial charge in [0.25, 0.3) is 5.91 Å². The highest BCUT2D eigenvalue weighted by atomic mass is 32.1. The molecule has 2 aromatic carbocycles. The molecule has 27 heavy (non-hydrogen) atoms. The fourth-order valence-corrected chi connectivity index (χ4v) is 3.58. The lowest BCUT2D eigenvalue weighted by atomic mass is 10.0. The first-order valence-corrected chi connectivity index (χ1v) is 9.60. The first-order valence-electron chi connectivity index (χ1n) is 9.19. The first-order chi connectivity index (χ1) is 13.0. The molecule has 0 heterocycles. The molecule has 3 rings (SSSR count). The van der Waals surface area contributed by atoms with E-state index in [1.54, 1.807) is 0 Å². The van der Waals surface area contributed by atoms with E-state index in [2.05, 4.69) is 29.2 Å². The molecule has 1 amide bonds. The third-order valence-corrected chi connectivity index (χ3v) is 5.02. The maximum Gasteiger partial charge on any atom is 0.276 e. The Balaban J connectivity index is 1.44. The number of rotatable bonds is 5. The SMILES string of the molecule is Cc1ccc(OCC(=O)NNC(=S)N[C@H](C)c2ccccc2)c2c1CCC2. The number of ether oxygens (including phenoxy) is 1. The molecule has 0 bridgehead atoms. The van der Waals surface area contributed by atoms with E-state index >= 15 is 0 Å². The molecule has 0 aromatic heterocycles. The minimum atomic E-state index is -0.279. The molecule has 6 heteroatoms. The molecule has 0 saturated carbocycles. The molecule has 0 saturated heterocycles. The fourth-order valence-electron chi connectivity index (χ4n) is 3.35. The van der Waals surface area contributed by atoms with Crippen LogP contribution in [0.25, 0.3) is 0 Å². The maximum absolute atomic E-state index is 12.1. The zero-order valence-electron chi connectivity index (χ0n) is 15.7. The van der Waals surface area contributed by atoms with Crippen molar-refractivity contribution in [2.45, 2.75) is 39.2 Å². The smallest absolute Gasteiger partial charge is 0.276 e. The lowest BCUT2D eigenvalue weighted by Crippen LogP contribution is -2.48. The second-order valence-electron chi connectivity index (χ2n) is 6.76. The summed E-state index contributed by atoms with van der Waals surface area (Å²) in [5.41, 5.74) is 10.3. The highest BCUT2D eigenvalue weighted by Gasteiger charge is 2.18. The third kappa shape index (κ3) is 4.98. The van der Waals surface area contributed by atoms with E-state index in [1.807, 2.05) is 43.3 Å². The van der Waals surface area contributed by atoms with Gasteiger partial charge in [-0.25, -0.2) is 0 Å².